The monoisotopic (exact) mass is 309 g/mol. The van der Waals surface area contributed by atoms with Crippen LogP contribution in [-0.2, 0) is 4.79 Å². The Kier molecular flexibility index (Phi) is 4.24. The van der Waals surface area contributed by atoms with E-state index in [4.69, 9.17) is 4.74 Å². The predicted octanol–water partition coefficient (Wildman–Crippen LogP) is 4.18. The number of fused-ring (bicyclic) bond motifs is 1. The van der Waals surface area contributed by atoms with Crippen molar-refractivity contribution in [2.24, 2.45) is 0 Å². The van der Waals surface area contributed by atoms with Gasteiger partial charge in [-0.1, -0.05) is 30.3 Å². The fourth-order valence-electron chi connectivity index (χ4n) is 2.36. The fourth-order valence-corrected chi connectivity index (χ4v) is 2.36. The topological polar surface area (TPSA) is 38.3 Å². The molecule has 0 aromatic heterocycles. The number of hydrogen-bond donors (Lipinski definition) is 1. The number of amides is 1. The van der Waals surface area contributed by atoms with Gasteiger partial charge in [0, 0.05) is 11.6 Å². The molecular weight excluding hydrogens is 293 g/mol. The summed E-state index contributed by atoms with van der Waals surface area (Å²) in [6.45, 7) is 1.92. The third-order valence-electron chi connectivity index (χ3n) is 3.57. The second-order valence-electron chi connectivity index (χ2n) is 5.24. The lowest BCUT2D eigenvalue weighted by molar-refractivity contribution is -0.111. The largest absolute Gasteiger partial charge is 0.485 e. The zero-order valence-corrected chi connectivity index (χ0v) is 12.6. The molecule has 116 valence electrons. The normalized spacial score (nSPS) is 16.4. The highest BCUT2D eigenvalue weighted by Gasteiger charge is 2.16. The van der Waals surface area contributed by atoms with Crippen LogP contribution in [0.5, 0.6) is 5.75 Å². The lowest BCUT2D eigenvalue weighted by atomic mass is 10.0. The van der Waals surface area contributed by atoms with E-state index in [1.165, 1.54) is 18.2 Å². The van der Waals surface area contributed by atoms with Crippen molar-refractivity contribution in [3.8, 4) is 5.75 Å². The van der Waals surface area contributed by atoms with Crippen molar-refractivity contribution in [1.29, 1.82) is 0 Å². The van der Waals surface area contributed by atoms with E-state index in [0.29, 0.717) is 0 Å². The molecule has 0 saturated heterocycles. The van der Waals surface area contributed by atoms with E-state index in [1.807, 2.05) is 37.3 Å². The summed E-state index contributed by atoms with van der Waals surface area (Å²) >= 11 is 0. The van der Waals surface area contributed by atoms with Gasteiger partial charge in [-0.15, -0.1) is 0 Å². The molecule has 1 aliphatic heterocycles. The van der Waals surface area contributed by atoms with Crippen molar-refractivity contribution in [3.63, 3.8) is 0 Å². The number of carbonyl (C=O) groups excluding carboxylic acids is 1. The summed E-state index contributed by atoms with van der Waals surface area (Å²) < 4.78 is 19.3. The van der Waals surface area contributed by atoms with E-state index in [-0.39, 0.29) is 17.7 Å². The number of rotatable bonds is 3. The van der Waals surface area contributed by atoms with Crippen molar-refractivity contribution in [3.05, 3.63) is 77.6 Å². The highest BCUT2D eigenvalue weighted by atomic mass is 19.1. The van der Waals surface area contributed by atoms with Gasteiger partial charge < -0.3 is 10.1 Å². The highest BCUT2D eigenvalue weighted by Crippen LogP contribution is 2.29. The fraction of sp³-hybridized carbons (Fsp3) is 0.105. The first kappa shape index (κ1) is 15.0. The molecule has 2 aromatic carbocycles. The first-order chi connectivity index (χ1) is 11.1. The van der Waals surface area contributed by atoms with Gasteiger partial charge in [-0.05, 0) is 42.8 Å². The third-order valence-corrected chi connectivity index (χ3v) is 3.57. The van der Waals surface area contributed by atoms with E-state index >= 15 is 0 Å². The molecule has 0 fully saturated rings. The van der Waals surface area contributed by atoms with Gasteiger partial charge in [0.05, 0.1) is 5.69 Å². The average molecular weight is 309 g/mol. The molecule has 1 atom stereocenters. The van der Waals surface area contributed by atoms with Crippen LogP contribution in [0.4, 0.5) is 10.1 Å². The van der Waals surface area contributed by atoms with Crippen LogP contribution in [0.3, 0.4) is 0 Å². The van der Waals surface area contributed by atoms with E-state index in [2.05, 4.69) is 5.32 Å². The molecule has 1 amide bonds. The van der Waals surface area contributed by atoms with Crippen LogP contribution < -0.4 is 10.1 Å². The summed E-state index contributed by atoms with van der Waals surface area (Å²) in [5.74, 6) is -0.0215. The number of carbonyl (C=O) groups is 1. The molecular formula is C19H16FNO2. The number of hydrogen-bond acceptors (Lipinski definition) is 2. The second-order valence-corrected chi connectivity index (χ2v) is 5.24. The molecule has 3 rings (SSSR count). The van der Waals surface area contributed by atoms with Gasteiger partial charge in [0.1, 0.15) is 17.7 Å². The molecule has 1 N–H and O–H groups in total. The maximum Gasteiger partial charge on any atom is 0.248 e. The Balaban J connectivity index is 1.74. The van der Waals surface area contributed by atoms with Gasteiger partial charge in [-0.2, -0.15) is 0 Å². The minimum Gasteiger partial charge on any atom is -0.485 e. The Morgan fingerprint density at radius 2 is 1.91 bits per heavy atom. The number of nitrogens with one attached hydrogen (secondary N) is 1. The molecule has 1 unspecified atom stereocenters. The minimum absolute atomic E-state index is 0.151. The van der Waals surface area contributed by atoms with Crippen LogP contribution in [-0.4, -0.2) is 12.0 Å². The maximum absolute atomic E-state index is 13.5. The number of anilines is 1. The van der Waals surface area contributed by atoms with Gasteiger partial charge in [0.2, 0.25) is 5.91 Å². The van der Waals surface area contributed by atoms with Gasteiger partial charge in [0.15, 0.2) is 0 Å². The highest BCUT2D eigenvalue weighted by molar-refractivity contribution is 5.99. The smallest absolute Gasteiger partial charge is 0.248 e. The second kappa shape index (κ2) is 6.48. The number of ether oxygens (including phenoxy) is 1. The van der Waals surface area contributed by atoms with E-state index in [1.54, 1.807) is 18.2 Å². The van der Waals surface area contributed by atoms with Crippen molar-refractivity contribution in [1.82, 2.24) is 0 Å². The Labute approximate surface area is 134 Å². The third kappa shape index (κ3) is 3.48. The summed E-state index contributed by atoms with van der Waals surface area (Å²) in [4.78, 5) is 11.9. The Morgan fingerprint density at radius 3 is 2.74 bits per heavy atom. The molecule has 4 heteroatoms. The molecule has 3 nitrogen and oxygen atoms in total. The quantitative estimate of drug-likeness (QED) is 0.864. The van der Waals surface area contributed by atoms with Gasteiger partial charge in [0.25, 0.3) is 0 Å². The van der Waals surface area contributed by atoms with Crippen LogP contribution in [0, 0.1) is 5.82 Å². The predicted molar refractivity (Wildman–Crippen MR) is 88.7 cm³/mol. The van der Waals surface area contributed by atoms with Crippen molar-refractivity contribution >= 4 is 17.7 Å². The minimum atomic E-state index is -0.461. The summed E-state index contributed by atoms with van der Waals surface area (Å²) in [5, 5.41) is 2.51. The zero-order valence-electron chi connectivity index (χ0n) is 12.6. The van der Waals surface area contributed by atoms with Crippen LogP contribution in [0.15, 0.2) is 66.3 Å². The molecule has 23 heavy (non-hydrogen) atoms. The van der Waals surface area contributed by atoms with E-state index < -0.39 is 5.82 Å². The molecule has 1 aliphatic rings. The summed E-state index contributed by atoms with van der Waals surface area (Å²) in [5.41, 5.74) is 2.02. The molecule has 0 aliphatic carbocycles. The number of halogens is 1. The van der Waals surface area contributed by atoms with Crippen LogP contribution in [0.25, 0.3) is 6.08 Å². The zero-order chi connectivity index (χ0) is 16.2. The maximum atomic E-state index is 13.5. The van der Waals surface area contributed by atoms with Gasteiger partial charge >= 0.3 is 0 Å². The summed E-state index contributed by atoms with van der Waals surface area (Å²) in [6.07, 6.45) is 4.90. The first-order valence-corrected chi connectivity index (χ1v) is 7.34. The molecule has 1 heterocycles. The summed E-state index contributed by atoms with van der Waals surface area (Å²) in [6, 6.07) is 13.8. The SMILES string of the molecule is CC1Oc2ccccc2C=C1C=CC(=O)Nc1ccccc1F. The van der Waals surface area contributed by atoms with Crippen LogP contribution >= 0.6 is 0 Å². The lowest BCUT2D eigenvalue weighted by Gasteiger charge is -2.22. The first-order valence-electron chi connectivity index (χ1n) is 7.34. The lowest BCUT2D eigenvalue weighted by Crippen LogP contribution is -2.18. The van der Waals surface area contributed by atoms with Crippen molar-refractivity contribution < 1.29 is 13.9 Å². The standard InChI is InChI=1S/C19H16FNO2/c1-13-14(12-15-6-2-5-9-18(15)23-13)10-11-19(22)21-17-8-4-3-7-16(17)20/h2-13H,1H3,(H,21,22). The average Bonchev–Trinajstić information content (AvgIpc) is 2.55. The molecule has 0 radical (unpaired) electrons. The summed E-state index contributed by atoms with van der Waals surface area (Å²) in [7, 11) is 0. The van der Waals surface area contributed by atoms with Crippen molar-refractivity contribution in [2.45, 2.75) is 13.0 Å². The van der Waals surface area contributed by atoms with Crippen molar-refractivity contribution in [2.75, 3.05) is 5.32 Å². The Morgan fingerprint density at radius 1 is 1.17 bits per heavy atom. The van der Waals surface area contributed by atoms with Gasteiger partial charge in [-0.3, -0.25) is 4.79 Å². The molecule has 0 spiro atoms. The molecule has 0 bridgehead atoms. The Bertz CT molecular complexity index is 795. The molecule has 2 aromatic rings. The van der Waals surface area contributed by atoms with Crippen LogP contribution in [0.2, 0.25) is 0 Å². The van der Waals surface area contributed by atoms with Gasteiger partial charge in [-0.25, -0.2) is 4.39 Å². The Hall–Kier alpha value is -2.88. The van der Waals surface area contributed by atoms with E-state index in [0.717, 1.165) is 16.9 Å². The van der Waals surface area contributed by atoms with E-state index in [9.17, 15) is 9.18 Å². The number of benzene rings is 2. The number of para-hydroxylation sites is 2. The molecule has 0 saturated carbocycles. The van der Waals surface area contributed by atoms with Crippen LogP contribution in [0.1, 0.15) is 12.5 Å².